The number of hydrogen-bond donors (Lipinski definition) is 2. The highest BCUT2D eigenvalue weighted by Crippen LogP contribution is 2.35. The maximum absolute atomic E-state index is 12.0. The standard InChI is InChI=1S/C15H21N3O/c16-14(19)15(11-18-8-6-13(15)7-9-18)17-10-12-4-2-1-3-5-12/h1-5,13,17H,6-11H2,(H2,16,19). The number of fused-ring (bicyclic) bond motifs is 3. The second-order valence-corrected chi connectivity index (χ2v) is 5.73. The van der Waals surface area contributed by atoms with E-state index in [9.17, 15) is 4.79 Å². The van der Waals surface area contributed by atoms with Crippen LogP contribution in [0, 0.1) is 5.92 Å². The molecule has 4 rings (SSSR count). The predicted molar refractivity (Wildman–Crippen MR) is 74.4 cm³/mol. The van der Waals surface area contributed by atoms with E-state index in [1.807, 2.05) is 18.2 Å². The van der Waals surface area contributed by atoms with Gasteiger partial charge in [0.25, 0.3) is 0 Å². The minimum Gasteiger partial charge on any atom is -0.368 e. The lowest BCUT2D eigenvalue weighted by Crippen LogP contribution is -2.71. The molecule has 1 aromatic carbocycles. The molecule has 0 saturated carbocycles. The van der Waals surface area contributed by atoms with Crippen molar-refractivity contribution in [1.82, 2.24) is 10.2 Å². The van der Waals surface area contributed by atoms with Gasteiger partial charge in [0.15, 0.2) is 0 Å². The number of nitrogens with one attached hydrogen (secondary N) is 1. The van der Waals surface area contributed by atoms with Crippen molar-refractivity contribution in [3.05, 3.63) is 35.9 Å². The lowest BCUT2D eigenvalue weighted by Gasteiger charge is -2.52. The van der Waals surface area contributed by atoms with Crippen LogP contribution in [0.15, 0.2) is 30.3 Å². The monoisotopic (exact) mass is 259 g/mol. The van der Waals surface area contributed by atoms with Gasteiger partial charge in [0.2, 0.25) is 5.91 Å². The van der Waals surface area contributed by atoms with Crippen molar-refractivity contribution in [3.8, 4) is 0 Å². The van der Waals surface area contributed by atoms with E-state index in [0.717, 1.165) is 32.5 Å². The molecule has 3 fully saturated rings. The Morgan fingerprint density at radius 2 is 2.00 bits per heavy atom. The van der Waals surface area contributed by atoms with Gasteiger partial charge in [0.05, 0.1) is 0 Å². The molecule has 1 amide bonds. The Hall–Kier alpha value is -1.39. The van der Waals surface area contributed by atoms with Gasteiger partial charge in [-0.2, -0.15) is 0 Å². The molecule has 0 aromatic heterocycles. The van der Waals surface area contributed by atoms with Gasteiger partial charge in [0, 0.05) is 13.1 Å². The molecule has 2 bridgehead atoms. The summed E-state index contributed by atoms with van der Waals surface area (Å²) in [6, 6.07) is 10.2. The summed E-state index contributed by atoms with van der Waals surface area (Å²) in [7, 11) is 0. The molecule has 4 nitrogen and oxygen atoms in total. The van der Waals surface area contributed by atoms with E-state index in [2.05, 4.69) is 22.3 Å². The number of nitrogens with zero attached hydrogens (tertiary/aromatic N) is 1. The highest BCUT2D eigenvalue weighted by molar-refractivity contribution is 5.85. The van der Waals surface area contributed by atoms with Crippen molar-refractivity contribution < 1.29 is 4.79 Å². The molecule has 0 aliphatic carbocycles. The topological polar surface area (TPSA) is 58.4 Å². The van der Waals surface area contributed by atoms with E-state index in [0.29, 0.717) is 12.5 Å². The van der Waals surface area contributed by atoms with Crippen LogP contribution >= 0.6 is 0 Å². The molecule has 1 atom stereocenters. The molecule has 0 spiro atoms. The zero-order valence-corrected chi connectivity index (χ0v) is 11.1. The Kier molecular flexibility index (Phi) is 3.29. The Morgan fingerprint density at radius 1 is 1.32 bits per heavy atom. The molecule has 3 N–H and O–H groups in total. The van der Waals surface area contributed by atoms with Crippen LogP contribution in [0.25, 0.3) is 0 Å². The van der Waals surface area contributed by atoms with Crippen molar-refractivity contribution in [3.63, 3.8) is 0 Å². The third-order valence-corrected chi connectivity index (χ3v) is 4.65. The van der Waals surface area contributed by atoms with Crippen molar-refractivity contribution in [1.29, 1.82) is 0 Å². The third kappa shape index (κ3) is 2.26. The summed E-state index contributed by atoms with van der Waals surface area (Å²) in [6.07, 6.45) is 2.15. The highest BCUT2D eigenvalue weighted by atomic mass is 16.1. The van der Waals surface area contributed by atoms with Crippen LogP contribution in [0.2, 0.25) is 0 Å². The normalized spacial score (nSPS) is 33.3. The predicted octanol–water partition coefficient (Wildman–Crippen LogP) is 0.726. The van der Waals surface area contributed by atoms with E-state index in [1.54, 1.807) is 0 Å². The average molecular weight is 259 g/mol. The average Bonchev–Trinajstić information content (AvgIpc) is 2.47. The SMILES string of the molecule is NC(=O)C1(NCc2ccccc2)CN2CCC1CC2. The van der Waals surface area contributed by atoms with E-state index < -0.39 is 5.54 Å². The van der Waals surface area contributed by atoms with E-state index in [-0.39, 0.29) is 5.91 Å². The second-order valence-electron chi connectivity index (χ2n) is 5.73. The summed E-state index contributed by atoms with van der Waals surface area (Å²) in [5.41, 5.74) is 6.38. The van der Waals surface area contributed by atoms with Crippen LogP contribution in [0.1, 0.15) is 18.4 Å². The van der Waals surface area contributed by atoms with Crippen LogP contribution in [-0.4, -0.2) is 36.0 Å². The first-order valence-electron chi connectivity index (χ1n) is 7.02. The van der Waals surface area contributed by atoms with Crippen LogP contribution in [0.5, 0.6) is 0 Å². The van der Waals surface area contributed by atoms with Gasteiger partial charge < -0.3 is 10.6 Å². The lowest BCUT2D eigenvalue weighted by atomic mass is 9.72. The highest BCUT2D eigenvalue weighted by Gasteiger charge is 2.50. The summed E-state index contributed by atoms with van der Waals surface area (Å²) in [4.78, 5) is 14.4. The number of hydrogen-bond acceptors (Lipinski definition) is 3. The lowest BCUT2D eigenvalue weighted by molar-refractivity contribution is -0.133. The molecule has 3 aliphatic heterocycles. The maximum atomic E-state index is 12.0. The van der Waals surface area contributed by atoms with Crippen LogP contribution in [-0.2, 0) is 11.3 Å². The van der Waals surface area contributed by atoms with Crippen molar-refractivity contribution in [2.45, 2.75) is 24.9 Å². The van der Waals surface area contributed by atoms with Crippen LogP contribution in [0.3, 0.4) is 0 Å². The van der Waals surface area contributed by atoms with E-state index in [4.69, 9.17) is 5.73 Å². The van der Waals surface area contributed by atoms with Gasteiger partial charge in [-0.3, -0.25) is 10.1 Å². The van der Waals surface area contributed by atoms with E-state index >= 15 is 0 Å². The van der Waals surface area contributed by atoms with Crippen LogP contribution in [0.4, 0.5) is 0 Å². The number of carbonyl (C=O) groups excluding carboxylic acids is 1. The molecular formula is C15H21N3O. The zero-order valence-electron chi connectivity index (χ0n) is 11.1. The fourth-order valence-corrected chi connectivity index (χ4v) is 3.49. The Labute approximate surface area is 114 Å². The van der Waals surface area contributed by atoms with Gasteiger partial charge in [-0.25, -0.2) is 0 Å². The fraction of sp³-hybridized carbons (Fsp3) is 0.533. The van der Waals surface area contributed by atoms with Gasteiger partial charge in [-0.1, -0.05) is 30.3 Å². The summed E-state index contributed by atoms with van der Waals surface area (Å²) in [6.45, 7) is 3.67. The van der Waals surface area contributed by atoms with Gasteiger partial charge in [0.1, 0.15) is 5.54 Å². The number of primary amides is 1. The Balaban J connectivity index is 1.76. The molecule has 102 valence electrons. The van der Waals surface area contributed by atoms with Crippen LogP contribution < -0.4 is 11.1 Å². The number of carbonyl (C=O) groups is 1. The summed E-state index contributed by atoms with van der Waals surface area (Å²) in [5, 5.41) is 3.47. The summed E-state index contributed by atoms with van der Waals surface area (Å²) < 4.78 is 0. The first-order chi connectivity index (χ1) is 9.21. The Bertz CT molecular complexity index is 454. The molecule has 3 aliphatic rings. The Morgan fingerprint density at radius 3 is 2.53 bits per heavy atom. The van der Waals surface area contributed by atoms with Gasteiger partial charge >= 0.3 is 0 Å². The first kappa shape index (κ1) is 12.6. The largest absolute Gasteiger partial charge is 0.368 e. The van der Waals surface area contributed by atoms with Crippen molar-refractivity contribution in [2.75, 3.05) is 19.6 Å². The van der Waals surface area contributed by atoms with E-state index in [1.165, 1.54) is 5.56 Å². The minimum atomic E-state index is -0.535. The number of rotatable bonds is 4. The fourth-order valence-electron chi connectivity index (χ4n) is 3.49. The molecule has 3 heterocycles. The number of piperidine rings is 3. The zero-order chi connectivity index (χ0) is 13.3. The smallest absolute Gasteiger partial charge is 0.239 e. The quantitative estimate of drug-likeness (QED) is 0.838. The number of benzene rings is 1. The molecule has 19 heavy (non-hydrogen) atoms. The molecule has 4 heteroatoms. The summed E-state index contributed by atoms with van der Waals surface area (Å²) >= 11 is 0. The van der Waals surface area contributed by atoms with Crippen molar-refractivity contribution >= 4 is 5.91 Å². The minimum absolute atomic E-state index is 0.196. The number of amides is 1. The van der Waals surface area contributed by atoms with Gasteiger partial charge in [-0.05, 0) is 37.4 Å². The van der Waals surface area contributed by atoms with Gasteiger partial charge in [-0.15, -0.1) is 0 Å². The third-order valence-electron chi connectivity index (χ3n) is 4.65. The second kappa shape index (κ2) is 4.94. The molecular weight excluding hydrogens is 238 g/mol. The molecule has 1 unspecified atom stereocenters. The molecule has 3 saturated heterocycles. The number of nitrogens with two attached hydrogens (primary N) is 1. The van der Waals surface area contributed by atoms with Crippen molar-refractivity contribution in [2.24, 2.45) is 11.7 Å². The molecule has 0 radical (unpaired) electrons. The first-order valence-corrected chi connectivity index (χ1v) is 7.02. The summed E-state index contributed by atoms with van der Waals surface area (Å²) in [5.74, 6) is 0.191. The molecule has 1 aromatic rings. The maximum Gasteiger partial charge on any atom is 0.239 e.